The molecule has 1 amide bonds. The molecule has 1 unspecified atom stereocenters. The summed E-state index contributed by atoms with van der Waals surface area (Å²) in [6.07, 6.45) is -3.67. The SMILES string of the molecule is CC(C)CC(NC(=O)CSc1nnnn1CC(F)(F)F)c1ccccc1. The summed E-state index contributed by atoms with van der Waals surface area (Å²) in [6.45, 7) is 2.83. The summed E-state index contributed by atoms with van der Waals surface area (Å²) in [6, 6.07) is 9.41. The number of halogens is 3. The first-order valence-electron chi connectivity index (χ1n) is 8.04. The molecule has 6 nitrogen and oxygen atoms in total. The molecule has 1 heterocycles. The van der Waals surface area contributed by atoms with E-state index in [0.29, 0.717) is 10.6 Å². The minimum Gasteiger partial charge on any atom is -0.349 e. The average Bonchev–Trinajstić information content (AvgIpc) is 2.98. The number of hydrogen-bond acceptors (Lipinski definition) is 5. The van der Waals surface area contributed by atoms with E-state index in [1.54, 1.807) is 0 Å². The number of aromatic nitrogens is 4. The van der Waals surface area contributed by atoms with Gasteiger partial charge in [0.2, 0.25) is 11.1 Å². The fourth-order valence-corrected chi connectivity index (χ4v) is 3.06. The highest BCUT2D eigenvalue weighted by atomic mass is 32.2. The largest absolute Gasteiger partial charge is 0.408 e. The number of amides is 1. The van der Waals surface area contributed by atoms with Gasteiger partial charge in [-0.1, -0.05) is 55.9 Å². The molecule has 0 saturated heterocycles. The zero-order valence-corrected chi connectivity index (χ0v) is 15.2. The maximum absolute atomic E-state index is 12.5. The molecule has 0 aliphatic heterocycles. The quantitative estimate of drug-likeness (QED) is 0.704. The van der Waals surface area contributed by atoms with E-state index >= 15 is 0 Å². The molecule has 26 heavy (non-hydrogen) atoms. The van der Waals surface area contributed by atoms with E-state index in [1.165, 1.54) is 0 Å². The smallest absolute Gasteiger partial charge is 0.349 e. The lowest BCUT2D eigenvalue weighted by molar-refractivity contribution is -0.144. The first kappa shape index (κ1) is 20.2. The Kier molecular flexibility index (Phi) is 7.01. The van der Waals surface area contributed by atoms with Crippen LogP contribution in [0.15, 0.2) is 35.5 Å². The Labute approximate surface area is 153 Å². The van der Waals surface area contributed by atoms with Gasteiger partial charge in [-0.05, 0) is 28.3 Å². The Morgan fingerprint density at radius 1 is 1.27 bits per heavy atom. The van der Waals surface area contributed by atoms with Crippen LogP contribution in [0.3, 0.4) is 0 Å². The number of alkyl halides is 3. The number of rotatable bonds is 8. The highest BCUT2D eigenvalue weighted by Gasteiger charge is 2.30. The van der Waals surface area contributed by atoms with E-state index in [0.717, 1.165) is 23.7 Å². The second kappa shape index (κ2) is 9.02. The zero-order valence-electron chi connectivity index (χ0n) is 14.4. The van der Waals surface area contributed by atoms with Gasteiger partial charge in [0.1, 0.15) is 6.54 Å². The Bertz CT molecular complexity index is 705. The molecule has 142 valence electrons. The van der Waals surface area contributed by atoms with Crippen molar-refractivity contribution in [2.45, 2.75) is 44.2 Å². The van der Waals surface area contributed by atoms with Crippen molar-refractivity contribution < 1.29 is 18.0 Å². The van der Waals surface area contributed by atoms with Crippen LogP contribution >= 0.6 is 11.8 Å². The maximum Gasteiger partial charge on any atom is 0.408 e. The van der Waals surface area contributed by atoms with E-state index in [1.807, 2.05) is 30.3 Å². The van der Waals surface area contributed by atoms with Crippen molar-refractivity contribution in [2.75, 3.05) is 5.75 Å². The van der Waals surface area contributed by atoms with Crippen molar-refractivity contribution in [3.8, 4) is 0 Å². The van der Waals surface area contributed by atoms with Crippen LogP contribution < -0.4 is 5.32 Å². The number of thioether (sulfide) groups is 1. The molecule has 0 aliphatic rings. The van der Waals surface area contributed by atoms with Gasteiger partial charge in [-0.15, -0.1) is 5.10 Å². The first-order valence-corrected chi connectivity index (χ1v) is 9.03. The molecule has 1 aromatic carbocycles. The van der Waals surface area contributed by atoms with Crippen molar-refractivity contribution in [3.05, 3.63) is 35.9 Å². The monoisotopic (exact) mass is 387 g/mol. The molecule has 1 aromatic heterocycles. The number of benzene rings is 1. The average molecular weight is 387 g/mol. The van der Waals surface area contributed by atoms with E-state index in [4.69, 9.17) is 0 Å². The number of carbonyl (C=O) groups is 1. The van der Waals surface area contributed by atoms with Crippen molar-refractivity contribution >= 4 is 17.7 Å². The van der Waals surface area contributed by atoms with Crippen LogP contribution in [-0.2, 0) is 11.3 Å². The summed E-state index contributed by atoms with van der Waals surface area (Å²) >= 11 is 0.873. The number of carbonyl (C=O) groups excluding carboxylic acids is 1. The highest BCUT2D eigenvalue weighted by molar-refractivity contribution is 7.99. The van der Waals surface area contributed by atoms with Crippen LogP contribution in [-0.4, -0.2) is 38.0 Å². The maximum atomic E-state index is 12.5. The minimum absolute atomic E-state index is 0.0439. The molecule has 0 radical (unpaired) electrons. The van der Waals surface area contributed by atoms with Crippen LogP contribution in [0.2, 0.25) is 0 Å². The van der Waals surface area contributed by atoms with Crippen molar-refractivity contribution in [3.63, 3.8) is 0 Å². The highest BCUT2D eigenvalue weighted by Crippen LogP contribution is 2.23. The van der Waals surface area contributed by atoms with Gasteiger partial charge in [0.05, 0.1) is 11.8 Å². The van der Waals surface area contributed by atoms with E-state index < -0.39 is 12.7 Å². The lowest BCUT2D eigenvalue weighted by Gasteiger charge is -2.21. The normalized spacial score (nSPS) is 13.0. The van der Waals surface area contributed by atoms with Gasteiger partial charge in [-0.2, -0.15) is 13.2 Å². The van der Waals surface area contributed by atoms with Crippen molar-refractivity contribution in [2.24, 2.45) is 5.92 Å². The Morgan fingerprint density at radius 2 is 1.96 bits per heavy atom. The van der Waals surface area contributed by atoms with Gasteiger partial charge in [0, 0.05) is 0 Å². The van der Waals surface area contributed by atoms with Crippen molar-refractivity contribution in [1.29, 1.82) is 0 Å². The molecule has 1 N–H and O–H groups in total. The molecule has 0 bridgehead atoms. The molecule has 1 atom stereocenters. The summed E-state index contributed by atoms with van der Waals surface area (Å²) in [4.78, 5) is 12.3. The van der Waals surface area contributed by atoms with E-state index in [9.17, 15) is 18.0 Å². The second-order valence-corrected chi connectivity index (χ2v) is 7.13. The summed E-state index contributed by atoms with van der Waals surface area (Å²) < 4.78 is 38.1. The standard InChI is InChI=1S/C16H20F3N5OS/c1-11(2)8-13(12-6-4-3-5-7-12)20-14(25)9-26-15-21-22-23-24(15)10-16(17,18)19/h3-7,11,13H,8-10H2,1-2H3,(H,20,25). The number of nitrogens with one attached hydrogen (secondary N) is 1. The molecule has 2 aromatic rings. The number of hydrogen-bond donors (Lipinski definition) is 1. The lowest BCUT2D eigenvalue weighted by atomic mass is 9.97. The van der Waals surface area contributed by atoms with Gasteiger partial charge in [-0.25, -0.2) is 4.68 Å². The minimum atomic E-state index is -4.43. The summed E-state index contributed by atoms with van der Waals surface area (Å²) in [5, 5.41) is 13.0. The number of nitrogens with zero attached hydrogens (tertiary/aromatic N) is 4. The van der Waals surface area contributed by atoms with Gasteiger partial charge in [0.25, 0.3) is 0 Å². The molecule has 0 spiro atoms. The lowest BCUT2D eigenvalue weighted by Crippen LogP contribution is -2.31. The fraction of sp³-hybridized carbons (Fsp3) is 0.500. The Morgan fingerprint density at radius 3 is 2.58 bits per heavy atom. The fourth-order valence-electron chi connectivity index (χ4n) is 2.37. The van der Waals surface area contributed by atoms with Gasteiger partial charge < -0.3 is 5.32 Å². The molecule has 0 saturated carbocycles. The van der Waals surface area contributed by atoms with Gasteiger partial charge >= 0.3 is 6.18 Å². The molecule has 0 fully saturated rings. The molecular formula is C16H20F3N5OS. The van der Waals surface area contributed by atoms with Gasteiger partial charge in [-0.3, -0.25) is 4.79 Å². The summed E-state index contributed by atoms with van der Waals surface area (Å²) in [5.41, 5.74) is 0.987. The van der Waals surface area contributed by atoms with E-state index in [-0.39, 0.29) is 22.9 Å². The Hall–Kier alpha value is -2.10. The number of tetrazole rings is 1. The second-order valence-electron chi connectivity index (χ2n) is 6.18. The third kappa shape index (κ3) is 6.66. The molecule has 0 aliphatic carbocycles. The molecule has 10 heteroatoms. The van der Waals surface area contributed by atoms with Crippen molar-refractivity contribution in [1.82, 2.24) is 25.5 Å². The zero-order chi connectivity index (χ0) is 19.2. The predicted octanol–water partition coefficient (Wildman–Crippen LogP) is 3.23. The van der Waals surface area contributed by atoms with Crippen LogP contribution in [0.4, 0.5) is 13.2 Å². The Balaban J connectivity index is 1.96. The predicted molar refractivity (Wildman–Crippen MR) is 91.4 cm³/mol. The van der Waals surface area contributed by atoms with Crippen LogP contribution in [0.1, 0.15) is 31.9 Å². The van der Waals surface area contributed by atoms with Gasteiger partial charge in [0.15, 0.2) is 0 Å². The van der Waals surface area contributed by atoms with E-state index in [2.05, 4.69) is 34.7 Å². The first-order chi connectivity index (χ1) is 12.2. The third-order valence-electron chi connectivity index (χ3n) is 3.40. The van der Waals surface area contributed by atoms with Crippen LogP contribution in [0.5, 0.6) is 0 Å². The molecule has 2 rings (SSSR count). The summed E-state index contributed by atoms with van der Waals surface area (Å²) in [5.74, 6) is 0.0120. The van der Waals surface area contributed by atoms with Crippen LogP contribution in [0, 0.1) is 5.92 Å². The topological polar surface area (TPSA) is 72.7 Å². The molecular weight excluding hydrogens is 367 g/mol. The third-order valence-corrected chi connectivity index (χ3v) is 4.36. The summed E-state index contributed by atoms with van der Waals surface area (Å²) in [7, 11) is 0. The van der Waals surface area contributed by atoms with Crippen LogP contribution in [0.25, 0.3) is 0 Å².